The summed E-state index contributed by atoms with van der Waals surface area (Å²) < 4.78 is 30.7. The zero-order valence-electron chi connectivity index (χ0n) is 10.4. The van der Waals surface area contributed by atoms with Gasteiger partial charge >= 0.3 is 0 Å². The summed E-state index contributed by atoms with van der Waals surface area (Å²) in [5.74, 6) is 0.603. The maximum absolute atomic E-state index is 12.4. The summed E-state index contributed by atoms with van der Waals surface area (Å²) in [6.45, 7) is 0.445. The molecule has 0 amide bonds. The molecule has 0 saturated carbocycles. The Morgan fingerprint density at radius 1 is 1.26 bits per heavy atom. The van der Waals surface area contributed by atoms with Crippen molar-refractivity contribution in [2.45, 2.75) is 18.0 Å². The van der Waals surface area contributed by atoms with Crippen molar-refractivity contribution in [1.82, 2.24) is 4.57 Å². The molecule has 0 aliphatic carbocycles. The summed E-state index contributed by atoms with van der Waals surface area (Å²) in [5, 5.41) is 1.13. The predicted octanol–water partition coefficient (Wildman–Crippen LogP) is 1.19. The monoisotopic (exact) mass is 279 g/mol. The highest BCUT2D eigenvalue weighted by molar-refractivity contribution is 7.91. The molecule has 0 atom stereocenters. The Kier molecular flexibility index (Phi) is 2.63. The van der Waals surface area contributed by atoms with Crippen LogP contribution in [0, 0.1) is 0 Å². The number of sulfone groups is 1. The number of hydrogen-bond acceptors (Lipinski definition) is 4. The molecular weight excluding hydrogens is 266 g/mol. The lowest BCUT2D eigenvalue weighted by atomic mass is 10.1. The maximum atomic E-state index is 12.4. The molecule has 0 fully saturated rings. The van der Waals surface area contributed by atoms with Crippen LogP contribution < -0.4 is 10.3 Å². The summed E-state index contributed by atoms with van der Waals surface area (Å²) in [4.78, 5) is 12.4. The van der Waals surface area contributed by atoms with Crippen LogP contribution in [-0.4, -0.2) is 25.8 Å². The molecule has 1 aliphatic rings. The molecule has 0 unspecified atom stereocenters. The predicted molar refractivity (Wildman–Crippen MR) is 71.4 cm³/mol. The molecule has 1 aromatic carbocycles. The molecule has 3 rings (SSSR count). The van der Waals surface area contributed by atoms with E-state index in [-0.39, 0.29) is 16.3 Å². The maximum Gasteiger partial charge on any atom is 0.259 e. The number of ether oxygens (including phenoxy) is 1. The van der Waals surface area contributed by atoms with Gasteiger partial charge in [-0.05, 0) is 24.6 Å². The number of rotatable bonds is 1. The fraction of sp³-hybridized carbons (Fsp3) is 0.308. The van der Waals surface area contributed by atoms with Crippen LogP contribution in [0.1, 0.15) is 6.42 Å². The van der Waals surface area contributed by atoms with Gasteiger partial charge in [0.15, 0.2) is 9.84 Å². The van der Waals surface area contributed by atoms with E-state index in [1.54, 1.807) is 24.3 Å². The third-order valence-corrected chi connectivity index (χ3v) is 5.21. The number of aromatic nitrogens is 1. The molecule has 5 nitrogen and oxygen atoms in total. The Labute approximate surface area is 110 Å². The number of methoxy groups -OCH3 is 1. The van der Waals surface area contributed by atoms with Gasteiger partial charge in [-0.2, -0.15) is 0 Å². The molecule has 1 aromatic heterocycles. The average molecular weight is 279 g/mol. The van der Waals surface area contributed by atoms with Gasteiger partial charge in [-0.25, -0.2) is 8.42 Å². The molecule has 2 heterocycles. The van der Waals surface area contributed by atoms with E-state index in [4.69, 9.17) is 4.74 Å². The lowest BCUT2D eigenvalue weighted by Crippen LogP contribution is -2.31. The second-order valence-corrected chi connectivity index (χ2v) is 6.59. The van der Waals surface area contributed by atoms with Crippen molar-refractivity contribution in [2.24, 2.45) is 0 Å². The Balaban J connectivity index is 2.50. The van der Waals surface area contributed by atoms with Crippen molar-refractivity contribution in [3.8, 4) is 5.75 Å². The lowest BCUT2D eigenvalue weighted by molar-refractivity contribution is 0.419. The second-order valence-electron chi connectivity index (χ2n) is 4.53. The highest BCUT2D eigenvalue weighted by Gasteiger charge is 2.26. The van der Waals surface area contributed by atoms with E-state index in [2.05, 4.69) is 0 Å². The smallest absolute Gasteiger partial charge is 0.259 e. The zero-order valence-corrected chi connectivity index (χ0v) is 11.2. The Hall–Kier alpha value is -1.82. The third kappa shape index (κ3) is 1.74. The van der Waals surface area contributed by atoms with Crippen LogP contribution in [0.2, 0.25) is 0 Å². The minimum Gasteiger partial charge on any atom is -0.496 e. The molecule has 19 heavy (non-hydrogen) atoms. The summed E-state index contributed by atoms with van der Waals surface area (Å²) >= 11 is 0. The van der Waals surface area contributed by atoms with E-state index >= 15 is 0 Å². The fourth-order valence-electron chi connectivity index (χ4n) is 2.49. The number of fused-ring (bicyclic) bond motifs is 2. The lowest BCUT2D eigenvalue weighted by Gasteiger charge is -2.19. The largest absolute Gasteiger partial charge is 0.496 e. The Morgan fingerprint density at radius 2 is 2.05 bits per heavy atom. The van der Waals surface area contributed by atoms with Gasteiger partial charge < -0.3 is 4.74 Å². The summed E-state index contributed by atoms with van der Waals surface area (Å²) in [6.07, 6.45) is 0.477. The molecule has 0 bridgehead atoms. The first kappa shape index (κ1) is 12.2. The molecule has 1 aliphatic heterocycles. The summed E-state index contributed by atoms with van der Waals surface area (Å²) in [5.41, 5.74) is -0.269. The van der Waals surface area contributed by atoms with Crippen molar-refractivity contribution in [2.75, 3.05) is 12.9 Å². The van der Waals surface area contributed by atoms with Crippen molar-refractivity contribution in [3.63, 3.8) is 0 Å². The first-order valence-electron chi connectivity index (χ1n) is 5.98. The van der Waals surface area contributed by atoms with Crippen LogP contribution >= 0.6 is 0 Å². The molecule has 100 valence electrons. The standard InChI is InChI=1S/C13H13NO4S/c1-18-11-5-2-4-9-10(11)8-12-14(13(9)15)6-3-7-19(12,16)17/h2,4-5,8H,3,6-7H2,1H3. The highest BCUT2D eigenvalue weighted by atomic mass is 32.2. The average Bonchev–Trinajstić information content (AvgIpc) is 2.39. The van der Waals surface area contributed by atoms with Crippen molar-refractivity contribution >= 4 is 20.6 Å². The second kappa shape index (κ2) is 4.09. The first-order valence-corrected chi connectivity index (χ1v) is 7.63. The number of nitrogens with zero attached hydrogens (tertiary/aromatic N) is 1. The molecule has 0 N–H and O–H groups in total. The first-order chi connectivity index (χ1) is 9.04. The molecule has 0 radical (unpaired) electrons. The van der Waals surface area contributed by atoms with Crippen molar-refractivity contribution in [1.29, 1.82) is 0 Å². The van der Waals surface area contributed by atoms with E-state index in [1.807, 2.05) is 0 Å². The SMILES string of the molecule is COc1cccc2c(=O)n3c(cc12)S(=O)(=O)CCC3. The van der Waals surface area contributed by atoms with Gasteiger partial charge in [-0.15, -0.1) is 0 Å². The minimum atomic E-state index is -3.37. The van der Waals surface area contributed by atoms with Crippen LogP contribution in [0.25, 0.3) is 10.8 Å². The third-order valence-electron chi connectivity index (χ3n) is 3.41. The molecule has 2 aromatic rings. The quantitative estimate of drug-likeness (QED) is 0.786. The minimum absolute atomic E-state index is 0.0904. The summed E-state index contributed by atoms with van der Waals surface area (Å²) in [6, 6.07) is 6.68. The molecule has 6 heteroatoms. The van der Waals surface area contributed by atoms with Crippen LogP contribution in [0.4, 0.5) is 0 Å². The Morgan fingerprint density at radius 3 is 2.79 bits per heavy atom. The number of hydrogen-bond donors (Lipinski definition) is 0. The van der Waals surface area contributed by atoms with Crippen LogP contribution in [0.15, 0.2) is 34.1 Å². The van der Waals surface area contributed by atoms with Gasteiger partial charge in [0.2, 0.25) is 0 Å². The van der Waals surface area contributed by atoms with E-state index in [9.17, 15) is 13.2 Å². The van der Waals surface area contributed by atoms with Gasteiger partial charge in [0, 0.05) is 11.9 Å². The number of pyridine rings is 1. The van der Waals surface area contributed by atoms with Crippen LogP contribution in [-0.2, 0) is 16.4 Å². The van der Waals surface area contributed by atoms with Gasteiger partial charge in [-0.1, -0.05) is 6.07 Å². The normalized spacial score (nSPS) is 17.1. The van der Waals surface area contributed by atoms with Crippen molar-refractivity contribution in [3.05, 3.63) is 34.6 Å². The topological polar surface area (TPSA) is 65.4 Å². The summed E-state index contributed by atoms with van der Waals surface area (Å²) in [7, 11) is -1.87. The van der Waals surface area contributed by atoms with Crippen molar-refractivity contribution < 1.29 is 13.2 Å². The van der Waals surface area contributed by atoms with Gasteiger partial charge in [-0.3, -0.25) is 9.36 Å². The van der Waals surface area contributed by atoms with E-state index in [0.29, 0.717) is 29.5 Å². The fourth-order valence-corrected chi connectivity index (χ4v) is 4.02. The van der Waals surface area contributed by atoms with E-state index < -0.39 is 9.84 Å². The molecule has 0 saturated heterocycles. The highest BCUT2D eigenvalue weighted by Crippen LogP contribution is 2.27. The van der Waals surface area contributed by atoms with Crippen LogP contribution in [0.5, 0.6) is 5.75 Å². The van der Waals surface area contributed by atoms with Crippen LogP contribution in [0.3, 0.4) is 0 Å². The zero-order chi connectivity index (χ0) is 13.6. The molecule has 0 spiro atoms. The van der Waals surface area contributed by atoms with Gasteiger partial charge in [0.1, 0.15) is 10.8 Å². The number of benzene rings is 1. The van der Waals surface area contributed by atoms with Gasteiger partial charge in [0.05, 0.1) is 18.2 Å². The Bertz CT molecular complexity index is 820. The molecular formula is C13H13NO4S. The van der Waals surface area contributed by atoms with E-state index in [0.717, 1.165) is 0 Å². The van der Waals surface area contributed by atoms with Gasteiger partial charge in [0.25, 0.3) is 5.56 Å². The van der Waals surface area contributed by atoms with E-state index in [1.165, 1.54) is 11.7 Å².